The van der Waals surface area contributed by atoms with Crippen LogP contribution in [0.3, 0.4) is 0 Å². The topological polar surface area (TPSA) is 55.1 Å². The van der Waals surface area contributed by atoms with E-state index in [2.05, 4.69) is 21.2 Å². The maximum absolute atomic E-state index is 11.9. The first-order chi connectivity index (χ1) is 8.08. The van der Waals surface area contributed by atoms with Crippen LogP contribution >= 0.6 is 28.1 Å². The summed E-state index contributed by atoms with van der Waals surface area (Å²) in [5.41, 5.74) is 7.02. The number of nitrogens with one attached hydrogen (secondary N) is 1. The molecule has 2 rings (SSSR count). The Kier molecular flexibility index (Phi) is 3.79. The van der Waals surface area contributed by atoms with Crippen LogP contribution in [-0.2, 0) is 4.79 Å². The fourth-order valence-electron chi connectivity index (χ4n) is 1.74. The fourth-order valence-corrected chi connectivity index (χ4v) is 2.28. The minimum absolute atomic E-state index is 0.0619. The van der Waals surface area contributed by atoms with Crippen LogP contribution in [0.15, 0.2) is 22.7 Å². The summed E-state index contributed by atoms with van der Waals surface area (Å²) in [6, 6.07) is 5.49. The molecule has 1 aliphatic carbocycles. The quantitative estimate of drug-likeness (QED) is 0.844. The van der Waals surface area contributed by atoms with Gasteiger partial charge < -0.3 is 11.1 Å². The van der Waals surface area contributed by atoms with Crippen molar-refractivity contribution in [1.29, 1.82) is 0 Å². The van der Waals surface area contributed by atoms with Crippen molar-refractivity contribution in [2.45, 2.75) is 19.3 Å². The summed E-state index contributed by atoms with van der Waals surface area (Å²) < 4.78 is 0.890. The second-order valence-electron chi connectivity index (χ2n) is 4.17. The van der Waals surface area contributed by atoms with E-state index in [1.165, 1.54) is 0 Å². The normalized spacial score (nSPS) is 15.1. The first-order valence-electron chi connectivity index (χ1n) is 5.48. The SMILES string of the molecule is NC(=S)c1ccc(Br)cc1NC(=O)C1CCC1. The van der Waals surface area contributed by atoms with Crippen molar-refractivity contribution in [2.75, 3.05) is 5.32 Å². The van der Waals surface area contributed by atoms with Crippen LogP contribution in [0.25, 0.3) is 0 Å². The summed E-state index contributed by atoms with van der Waals surface area (Å²) in [5, 5.41) is 2.90. The molecular formula is C12H13BrN2OS. The average molecular weight is 313 g/mol. The van der Waals surface area contributed by atoms with Crippen LogP contribution < -0.4 is 11.1 Å². The van der Waals surface area contributed by atoms with Crippen molar-refractivity contribution in [3.05, 3.63) is 28.2 Å². The van der Waals surface area contributed by atoms with Gasteiger partial charge in [0.2, 0.25) is 5.91 Å². The Morgan fingerprint density at radius 1 is 1.47 bits per heavy atom. The first kappa shape index (κ1) is 12.5. The fraction of sp³-hybridized carbons (Fsp3) is 0.333. The molecule has 1 aromatic rings. The van der Waals surface area contributed by atoms with E-state index in [9.17, 15) is 4.79 Å². The Hall–Kier alpha value is -0.940. The Balaban J connectivity index is 2.20. The highest BCUT2D eigenvalue weighted by Gasteiger charge is 2.25. The highest BCUT2D eigenvalue weighted by Crippen LogP contribution is 2.29. The Morgan fingerprint density at radius 3 is 2.71 bits per heavy atom. The van der Waals surface area contributed by atoms with Gasteiger partial charge in [0.25, 0.3) is 0 Å². The summed E-state index contributed by atoms with van der Waals surface area (Å²) in [6.45, 7) is 0. The molecule has 17 heavy (non-hydrogen) atoms. The number of nitrogens with two attached hydrogens (primary N) is 1. The van der Waals surface area contributed by atoms with E-state index in [0.29, 0.717) is 16.2 Å². The Labute approximate surface area is 114 Å². The number of hydrogen-bond acceptors (Lipinski definition) is 2. The lowest BCUT2D eigenvalue weighted by atomic mass is 9.85. The summed E-state index contributed by atoms with van der Waals surface area (Å²) in [4.78, 5) is 12.2. The molecule has 0 bridgehead atoms. The lowest BCUT2D eigenvalue weighted by Gasteiger charge is -2.24. The minimum Gasteiger partial charge on any atom is -0.389 e. The van der Waals surface area contributed by atoms with Gasteiger partial charge in [-0.2, -0.15) is 0 Å². The van der Waals surface area contributed by atoms with Crippen LogP contribution in [0.4, 0.5) is 5.69 Å². The van der Waals surface area contributed by atoms with Gasteiger partial charge in [-0.3, -0.25) is 4.79 Å². The van der Waals surface area contributed by atoms with Crippen LogP contribution in [0.1, 0.15) is 24.8 Å². The molecule has 0 aliphatic heterocycles. The number of benzene rings is 1. The molecule has 3 N–H and O–H groups in total. The molecule has 0 spiro atoms. The van der Waals surface area contributed by atoms with E-state index < -0.39 is 0 Å². The molecule has 1 aromatic carbocycles. The summed E-state index contributed by atoms with van der Waals surface area (Å²) >= 11 is 8.33. The highest BCUT2D eigenvalue weighted by atomic mass is 79.9. The van der Waals surface area contributed by atoms with Crippen molar-refractivity contribution in [3.63, 3.8) is 0 Å². The number of anilines is 1. The second-order valence-corrected chi connectivity index (χ2v) is 5.53. The van der Waals surface area contributed by atoms with E-state index in [-0.39, 0.29) is 11.8 Å². The number of carbonyl (C=O) groups is 1. The van der Waals surface area contributed by atoms with E-state index in [1.807, 2.05) is 18.2 Å². The van der Waals surface area contributed by atoms with Crippen molar-refractivity contribution in [3.8, 4) is 0 Å². The average Bonchev–Trinajstić information content (AvgIpc) is 2.13. The van der Waals surface area contributed by atoms with Gasteiger partial charge in [0.1, 0.15) is 4.99 Å². The van der Waals surface area contributed by atoms with Gasteiger partial charge in [0.05, 0.1) is 5.69 Å². The largest absolute Gasteiger partial charge is 0.389 e. The van der Waals surface area contributed by atoms with Gasteiger partial charge >= 0.3 is 0 Å². The predicted molar refractivity (Wildman–Crippen MR) is 76.0 cm³/mol. The smallest absolute Gasteiger partial charge is 0.227 e. The zero-order valence-corrected chi connectivity index (χ0v) is 11.6. The third-order valence-corrected chi connectivity index (χ3v) is 3.69. The van der Waals surface area contributed by atoms with E-state index in [0.717, 1.165) is 23.7 Å². The van der Waals surface area contributed by atoms with Crippen LogP contribution in [0, 0.1) is 5.92 Å². The summed E-state index contributed by atoms with van der Waals surface area (Å²) in [7, 11) is 0. The minimum atomic E-state index is 0.0619. The standard InChI is InChI=1S/C12H13BrN2OS/c13-8-4-5-9(11(14)17)10(6-8)15-12(16)7-2-1-3-7/h4-7H,1-3H2,(H2,14,17)(H,15,16). The molecule has 1 saturated carbocycles. The lowest BCUT2D eigenvalue weighted by Crippen LogP contribution is -2.29. The van der Waals surface area contributed by atoms with Gasteiger partial charge in [-0.05, 0) is 31.0 Å². The molecule has 5 heteroatoms. The van der Waals surface area contributed by atoms with E-state index >= 15 is 0 Å². The van der Waals surface area contributed by atoms with Crippen molar-refractivity contribution < 1.29 is 4.79 Å². The third kappa shape index (κ3) is 2.84. The second kappa shape index (κ2) is 5.14. The lowest BCUT2D eigenvalue weighted by molar-refractivity contribution is -0.122. The monoisotopic (exact) mass is 312 g/mol. The molecule has 0 aromatic heterocycles. The third-order valence-electron chi connectivity index (χ3n) is 2.98. The number of hydrogen-bond donors (Lipinski definition) is 2. The molecule has 0 radical (unpaired) electrons. The van der Waals surface area contributed by atoms with Gasteiger partial charge in [-0.1, -0.05) is 34.6 Å². The van der Waals surface area contributed by atoms with Crippen LogP contribution in [-0.4, -0.2) is 10.9 Å². The predicted octanol–water partition coefficient (Wildman–Crippen LogP) is 2.82. The Bertz CT molecular complexity index is 472. The summed E-state index contributed by atoms with van der Waals surface area (Å²) in [5.74, 6) is 0.208. The zero-order chi connectivity index (χ0) is 12.4. The van der Waals surface area contributed by atoms with Crippen molar-refractivity contribution in [2.24, 2.45) is 11.7 Å². The molecule has 0 atom stereocenters. The first-order valence-corrected chi connectivity index (χ1v) is 6.68. The van der Waals surface area contributed by atoms with E-state index in [1.54, 1.807) is 0 Å². The number of thiocarbonyl (C=S) groups is 1. The maximum Gasteiger partial charge on any atom is 0.227 e. The van der Waals surface area contributed by atoms with Gasteiger partial charge in [0.15, 0.2) is 0 Å². The van der Waals surface area contributed by atoms with Crippen LogP contribution in [0.2, 0.25) is 0 Å². The zero-order valence-electron chi connectivity index (χ0n) is 9.20. The molecule has 0 saturated heterocycles. The number of amides is 1. The molecule has 1 fully saturated rings. The summed E-state index contributed by atoms with van der Waals surface area (Å²) in [6.07, 6.45) is 3.09. The van der Waals surface area contributed by atoms with Gasteiger partial charge in [0, 0.05) is 16.0 Å². The van der Waals surface area contributed by atoms with Crippen molar-refractivity contribution in [1.82, 2.24) is 0 Å². The molecule has 0 unspecified atom stereocenters. The van der Waals surface area contributed by atoms with Crippen molar-refractivity contribution >= 4 is 44.7 Å². The van der Waals surface area contributed by atoms with Crippen LogP contribution in [0.5, 0.6) is 0 Å². The van der Waals surface area contributed by atoms with Gasteiger partial charge in [-0.25, -0.2) is 0 Å². The number of carbonyl (C=O) groups excluding carboxylic acids is 1. The molecule has 1 amide bonds. The molecule has 90 valence electrons. The molecular weight excluding hydrogens is 300 g/mol. The molecule has 3 nitrogen and oxygen atoms in total. The van der Waals surface area contributed by atoms with E-state index in [4.69, 9.17) is 18.0 Å². The highest BCUT2D eigenvalue weighted by molar-refractivity contribution is 9.10. The maximum atomic E-state index is 11.9. The number of rotatable bonds is 3. The molecule has 0 heterocycles. The van der Waals surface area contributed by atoms with Gasteiger partial charge in [-0.15, -0.1) is 0 Å². The molecule has 1 aliphatic rings. The number of halogens is 1. The Morgan fingerprint density at radius 2 is 2.18 bits per heavy atom.